The molecule has 0 atom stereocenters. The summed E-state index contributed by atoms with van der Waals surface area (Å²) in [6, 6.07) is 11.7. The van der Waals surface area contributed by atoms with E-state index in [1.807, 2.05) is 49.5 Å². The smallest absolute Gasteiger partial charge is 0.272 e. The van der Waals surface area contributed by atoms with E-state index in [9.17, 15) is 0 Å². The molecule has 1 aromatic heterocycles. The van der Waals surface area contributed by atoms with Crippen molar-refractivity contribution in [3.05, 3.63) is 53.2 Å². The summed E-state index contributed by atoms with van der Waals surface area (Å²) in [5.74, 6) is 0.975. The van der Waals surface area contributed by atoms with Crippen molar-refractivity contribution in [3.8, 4) is 0 Å². The van der Waals surface area contributed by atoms with Gasteiger partial charge in [0.1, 0.15) is 6.54 Å². The van der Waals surface area contributed by atoms with E-state index in [1.165, 1.54) is 0 Å². The van der Waals surface area contributed by atoms with Crippen molar-refractivity contribution in [2.75, 3.05) is 23.7 Å². The first-order valence-electron chi connectivity index (χ1n) is 6.67. The minimum atomic E-state index is 0.578. The first-order valence-corrected chi connectivity index (χ1v) is 7.45. The Kier molecular flexibility index (Phi) is 5.78. The van der Waals surface area contributed by atoms with Crippen LogP contribution in [0.15, 0.2) is 42.6 Å². The number of hydrogen-bond acceptors (Lipinski definition) is 2. The van der Waals surface area contributed by atoms with Crippen LogP contribution in [-0.4, -0.2) is 18.2 Å². The summed E-state index contributed by atoms with van der Waals surface area (Å²) < 4.78 is 0. The predicted molar refractivity (Wildman–Crippen MR) is 91.9 cm³/mol. The van der Waals surface area contributed by atoms with Crippen LogP contribution in [0.2, 0.25) is 5.02 Å². The number of aromatic nitrogens is 1. The number of thiocarbonyl (C=S) groups is 1. The normalized spacial score (nSPS) is 10.0. The summed E-state index contributed by atoms with van der Waals surface area (Å²) in [7, 11) is 0. The van der Waals surface area contributed by atoms with E-state index < -0.39 is 0 Å². The highest BCUT2D eigenvalue weighted by Crippen LogP contribution is 2.19. The highest BCUT2D eigenvalue weighted by molar-refractivity contribution is 7.80. The molecule has 0 unspecified atom stereocenters. The van der Waals surface area contributed by atoms with Crippen molar-refractivity contribution < 1.29 is 4.98 Å². The second kappa shape index (κ2) is 7.81. The zero-order valence-corrected chi connectivity index (χ0v) is 13.3. The van der Waals surface area contributed by atoms with Crippen LogP contribution in [0.4, 0.5) is 11.5 Å². The molecule has 0 radical (unpaired) electrons. The molecule has 0 amide bonds. The van der Waals surface area contributed by atoms with Crippen molar-refractivity contribution in [3.63, 3.8) is 0 Å². The lowest BCUT2D eigenvalue weighted by molar-refractivity contribution is -0.361. The standard InChI is InChI=1S/C15H17ClN4S/c1-11-5-6-12(10-13(11)16)20-15(21)19-9-8-18-14-4-2-3-7-17-14/h2-7,10H,8-9H2,1H3,(H,17,18)(H2,19,20,21)/p+1. The number of pyridine rings is 1. The molecule has 0 saturated carbocycles. The molecule has 110 valence electrons. The van der Waals surface area contributed by atoms with Crippen LogP contribution in [0.1, 0.15) is 5.56 Å². The van der Waals surface area contributed by atoms with Gasteiger partial charge in [-0.2, -0.15) is 0 Å². The Morgan fingerprint density at radius 1 is 1.24 bits per heavy atom. The molecule has 0 fully saturated rings. The second-order valence-corrected chi connectivity index (χ2v) is 5.36. The van der Waals surface area contributed by atoms with Gasteiger partial charge in [0.05, 0.1) is 12.7 Å². The van der Waals surface area contributed by atoms with Gasteiger partial charge in [-0.25, -0.2) is 4.98 Å². The van der Waals surface area contributed by atoms with Gasteiger partial charge in [0.2, 0.25) is 0 Å². The van der Waals surface area contributed by atoms with E-state index in [-0.39, 0.29) is 0 Å². The first kappa shape index (κ1) is 15.5. The van der Waals surface area contributed by atoms with Crippen molar-refractivity contribution in [2.45, 2.75) is 6.92 Å². The zero-order valence-electron chi connectivity index (χ0n) is 11.7. The lowest BCUT2D eigenvalue weighted by Crippen LogP contribution is -2.33. The second-order valence-electron chi connectivity index (χ2n) is 4.55. The molecule has 1 heterocycles. The van der Waals surface area contributed by atoms with Gasteiger partial charge >= 0.3 is 0 Å². The van der Waals surface area contributed by atoms with Gasteiger partial charge in [0.25, 0.3) is 5.82 Å². The average Bonchev–Trinajstić information content (AvgIpc) is 2.49. The molecule has 2 rings (SSSR count). The molecule has 0 aliphatic carbocycles. The molecule has 0 spiro atoms. The summed E-state index contributed by atoms with van der Waals surface area (Å²) in [5, 5.41) is 10.8. The molecule has 2 aromatic rings. The van der Waals surface area contributed by atoms with E-state index in [2.05, 4.69) is 20.9 Å². The first-order chi connectivity index (χ1) is 10.1. The van der Waals surface area contributed by atoms with Crippen molar-refractivity contribution in [1.29, 1.82) is 0 Å². The maximum Gasteiger partial charge on any atom is 0.272 e. The van der Waals surface area contributed by atoms with Crippen LogP contribution in [-0.2, 0) is 0 Å². The summed E-state index contributed by atoms with van der Waals surface area (Å²) >= 11 is 11.3. The van der Waals surface area contributed by atoms with Gasteiger partial charge < -0.3 is 10.6 Å². The van der Waals surface area contributed by atoms with Gasteiger partial charge in [-0.15, -0.1) is 0 Å². The number of nitrogens with one attached hydrogen (secondary N) is 4. The Hall–Kier alpha value is -1.85. The third kappa shape index (κ3) is 5.21. The van der Waals surface area contributed by atoms with E-state index >= 15 is 0 Å². The number of H-pyrrole nitrogens is 1. The van der Waals surface area contributed by atoms with E-state index in [1.54, 1.807) is 0 Å². The third-order valence-corrected chi connectivity index (χ3v) is 3.52. The Morgan fingerprint density at radius 2 is 2.10 bits per heavy atom. The summed E-state index contributed by atoms with van der Waals surface area (Å²) in [6.07, 6.45) is 1.88. The van der Waals surface area contributed by atoms with Crippen LogP contribution >= 0.6 is 23.8 Å². The van der Waals surface area contributed by atoms with E-state index in [0.717, 1.165) is 28.6 Å². The van der Waals surface area contributed by atoms with E-state index in [4.69, 9.17) is 23.8 Å². The number of aryl methyl sites for hydroxylation is 1. The lowest BCUT2D eigenvalue weighted by atomic mass is 10.2. The number of aromatic amines is 1. The number of benzene rings is 1. The summed E-state index contributed by atoms with van der Waals surface area (Å²) in [5.41, 5.74) is 1.93. The Labute approximate surface area is 134 Å². The molecule has 0 saturated heterocycles. The molecule has 0 aliphatic rings. The maximum atomic E-state index is 6.07. The highest BCUT2D eigenvalue weighted by atomic mass is 35.5. The fraction of sp³-hybridized carbons (Fsp3) is 0.200. The topological polar surface area (TPSA) is 50.2 Å². The minimum absolute atomic E-state index is 0.578. The molecular weight excluding hydrogens is 304 g/mol. The SMILES string of the molecule is Cc1ccc(NC(=S)NCCNc2cccc[nH+]2)cc1Cl. The van der Waals surface area contributed by atoms with Gasteiger partial charge in [-0.1, -0.05) is 23.7 Å². The monoisotopic (exact) mass is 321 g/mol. The summed E-state index contributed by atoms with van der Waals surface area (Å²) in [4.78, 5) is 3.11. The van der Waals surface area contributed by atoms with Crippen molar-refractivity contribution >= 4 is 40.4 Å². The molecule has 4 nitrogen and oxygen atoms in total. The Bertz CT molecular complexity index is 604. The zero-order chi connectivity index (χ0) is 15.1. The Balaban J connectivity index is 1.71. The van der Waals surface area contributed by atoms with Gasteiger partial charge in [0, 0.05) is 16.8 Å². The summed E-state index contributed by atoms with van der Waals surface area (Å²) in [6.45, 7) is 3.44. The Morgan fingerprint density at radius 3 is 2.81 bits per heavy atom. The molecule has 1 aromatic carbocycles. The van der Waals surface area contributed by atoms with Crippen molar-refractivity contribution in [1.82, 2.24) is 5.32 Å². The van der Waals surface area contributed by atoms with Crippen LogP contribution in [0.3, 0.4) is 0 Å². The van der Waals surface area contributed by atoms with Crippen molar-refractivity contribution in [2.24, 2.45) is 0 Å². The highest BCUT2D eigenvalue weighted by Gasteiger charge is 2.01. The molecule has 0 bridgehead atoms. The number of halogens is 1. The third-order valence-electron chi connectivity index (χ3n) is 2.86. The molecule has 4 N–H and O–H groups in total. The van der Waals surface area contributed by atoms with Crippen LogP contribution < -0.4 is 20.9 Å². The maximum absolute atomic E-state index is 6.07. The fourth-order valence-corrected chi connectivity index (χ4v) is 2.12. The van der Waals surface area contributed by atoms with Gasteiger partial charge in [-0.05, 0) is 42.9 Å². The lowest BCUT2D eigenvalue weighted by Gasteiger charge is -2.10. The molecule has 0 aliphatic heterocycles. The largest absolute Gasteiger partial charge is 0.359 e. The van der Waals surface area contributed by atoms with E-state index in [0.29, 0.717) is 11.7 Å². The molecular formula is C15H18ClN4S+. The molecule has 6 heteroatoms. The average molecular weight is 322 g/mol. The minimum Gasteiger partial charge on any atom is -0.359 e. The quantitative estimate of drug-likeness (QED) is 0.585. The predicted octanol–water partition coefficient (Wildman–Crippen LogP) is 2.86. The number of rotatable bonds is 5. The van der Waals surface area contributed by atoms with Gasteiger partial charge in [0.15, 0.2) is 5.11 Å². The van der Waals surface area contributed by atoms with Gasteiger partial charge in [-0.3, -0.25) is 5.32 Å². The van der Waals surface area contributed by atoms with Crippen LogP contribution in [0.5, 0.6) is 0 Å². The molecule has 21 heavy (non-hydrogen) atoms. The number of hydrogen-bond donors (Lipinski definition) is 3. The fourth-order valence-electron chi connectivity index (χ4n) is 1.72. The number of anilines is 2. The van der Waals surface area contributed by atoms with Crippen LogP contribution in [0.25, 0.3) is 0 Å². The van der Waals surface area contributed by atoms with Crippen LogP contribution in [0, 0.1) is 6.92 Å².